The smallest absolute Gasteiger partial charge is 0.401 e. The Kier molecular flexibility index (Phi) is 3.98. The van der Waals surface area contributed by atoms with Gasteiger partial charge in [0, 0.05) is 19.0 Å². The monoisotopic (exact) mass is 265 g/mol. The van der Waals surface area contributed by atoms with Crippen LogP contribution in [0, 0.1) is 11.3 Å². The van der Waals surface area contributed by atoms with E-state index in [-0.39, 0.29) is 37.8 Å². The van der Waals surface area contributed by atoms with E-state index in [0.29, 0.717) is 0 Å². The lowest BCUT2D eigenvalue weighted by Gasteiger charge is -2.42. The molecule has 1 fully saturated rings. The van der Waals surface area contributed by atoms with Gasteiger partial charge in [-0.3, -0.25) is 4.79 Å². The van der Waals surface area contributed by atoms with Crippen LogP contribution >= 0.6 is 0 Å². The van der Waals surface area contributed by atoms with Crippen molar-refractivity contribution in [3.8, 4) is 0 Å². The van der Waals surface area contributed by atoms with E-state index in [2.05, 4.69) is 6.58 Å². The zero-order chi connectivity index (χ0) is 14.1. The molecule has 1 rings (SSSR count). The molecule has 18 heavy (non-hydrogen) atoms. The van der Waals surface area contributed by atoms with Crippen molar-refractivity contribution in [1.29, 1.82) is 0 Å². The summed E-state index contributed by atoms with van der Waals surface area (Å²) in [6, 6.07) is 0. The lowest BCUT2D eigenvalue weighted by atomic mass is 9.76. The first-order chi connectivity index (χ1) is 8.12. The average molecular weight is 265 g/mol. The molecule has 1 heterocycles. The molecule has 1 aliphatic heterocycles. The average Bonchev–Trinajstić information content (AvgIpc) is 2.26. The standard InChI is InChI=1S/C12H18F3NO2/c1-8(2)10(18)16-6-4-11(5-7-16,9(3)17)12(13,14)15/h8,17H,3-7H2,1-2H3. The number of likely N-dealkylation sites (tertiary alicyclic amines) is 1. The fraction of sp³-hybridized carbons (Fsp3) is 0.750. The number of carbonyl (C=O) groups excluding carboxylic acids is 1. The Bertz CT molecular complexity index is 342. The summed E-state index contributed by atoms with van der Waals surface area (Å²) in [5.41, 5.74) is -2.26. The highest BCUT2D eigenvalue weighted by molar-refractivity contribution is 5.78. The number of amides is 1. The van der Waals surface area contributed by atoms with Gasteiger partial charge in [0.05, 0.1) is 0 Å². The molecular formula is C12H18F3NO2. The summed E-state index contributed by atoms with van der Waals surface area (Å²) >= 11 is 0. The number of rotatable bonds is 2. The van der Waals surface area contributed by atoms with Crippen molar-refractivity contribution in [3.63, 3.8) is 0 Å². The molecule has 1 amide bonds. The Morgan fingerprint density at radius 3 is 2.06 bits per heavy atom. The number of carbonyl (C=O) groups is 1. The molecule has 0 atom stereocenters. The largest absolute Gasteiger partial charge is 0.512 e. The maximum Gasteiger partial charge on any atom is 0.401 e. The van der Waals surface area contributed by atoms with Gasteiger partial charge in [-0.25, -0.2) is 0 Å². The van der Waals surface area contributed by atoms with Crippen LogP contribution in [0.3, 0.4) is 0 Å². The molecule has 0 radical (unpaired) electrons. The third-order valence-corrected chi connectivity index (χ3v) is 3.52. The van der Waals surface area contributed by atoms with Gasteiger partial charge in [-0.1, -0.05) is 20.4 Å². The number of halogens is 3. The molecular weight excluding hydrogens is 247 g/mol. The minimum Gasteiger partial charge on any atom is -0.512 e. The third-order valence-electron chi connectivity index (χ3n) is 3.52. The first-order valence-corrected chi connectivity index (χ1v) is 5.85. The van der Waals surface area contributed by atoms with E-state index in [0.717, 1.165) is 0 Å². The molecule has 0 aromatic carbocycles. The van der Waals surface area contributed by atoms with Crippen LogP contribution in [-0.4, -0.2) is 35.2 Å². The van der Waals surface area contributed by atoms with Crippen molar-refractivity contribution < 1.29 is 23.1 Å². The van der Waals surface area contributed by atoms with Crippen molar-refractivity contribution in [2.45, 2.75) is 32.9 Å². The van der Waals surface area contributed by atoms with Crippen LogP contribution in [0.25, 0.3) is 0 Å². The van der Waals surface area contributed by atoms with Crippen LogP contribution in [0.2, 0.25) is 0 Å². The van der Waals surface area contributed by atoms with E-state index >= 15 is 0 Å². The SMILES string of the molecule is C=C(O)C1(C(F)(F)F)CCN(C(=O)C(C)C)CC1. The van der Waals surface area contributed by atoms with E-state index in [9.17, 15) is 23.1 Å². The number of aliphatic hydroxyl groups is 1. The molecule has 0 spiro atoms. The molecule has 0 aromatic rings. The van der Waals surface area contributed by atoms with E-state index in [1.165, 1.54) is 4.90 Å². The first kappa shape index (κ1) is 14.9. The van der Waals surface area contributed by atoms with E-state index in [1.807, 2.05) is 0 Å². The predicted molar refractivity (Wildman–Crippen MR) is 60.9 cm³/mol. The number of piperidine rings is 1. The van der Waals surface area contributed by atoms with Crippen molar-refractivity contribution in [2.24, 2.45) is 11.3 Å². The minimum absolute atomic E-state index is 0.00387. The third kappa shape index (κ3) is 2.47. The summed E-state index contributed by atoms with van der Waals surface area (Å²) in [6.07, 6.45) is -5.19. The molecule has 1 aliphatic rings. The fourth-order valence-corrected chi connectivity index (χ4v) is 2.21. The Balaban J connectivity index is 2.83. The Morgan fingerprint density at radius 2 is 1.78 bits per heavy atom. The number of nitrogens with zero attached hydrogens (tertiary/aromatic N) is 1. The predicted octanol–water partition coefficient (Wildman–Crippen LogP) is 2.89. The Morgan fingerprint density at radius 1 is 1.33 bits per heavy atom. The van der Waals surface area contributed by atoms with E-state index in [1.54, 1.807) is 13.8 Å². The maximum absolute atomic E-state index is 13.0. The second-order valence-corrected chi connectivity index (χ2v) is 5.01. The fourth-order valence-electron chi connectivity index (χ4n) is 2.21. The first-order valence-electron chi connectivity index (χ1n) is 5.85. The summed E-state index contributed by atoms with van der Waals surface area (Å²) < 4.78 is 39.0. The number of aliphatic hydroxyl groups excluding tert-OH is 1. The van der Waals surface area contributed by atoms with Crippen LogP contribution in [0.15, 0.2) is 12.3 Å². The molecule has 0 aliphatic carbocycles. The summed E-state index contributed by atoms with van der Waals surface area (Å²) in [5, 5.41) is 9.28. The molecule has 104 valence electrons. The topological polar surface area (TPSA) is 40.5 Å². The second kappa shape index (κ2) is 4.82. The van der Waals surface area contributed by atoms with Crippen LogP contribution < -0.4 is 0 Å². The molecule has 0 unspecified atom stereocenters. The Hall–Kier alpha value is -1.20. The van der Waals surface area contributed by atoms with Crippen LogP contribution in [0.5, 0.6) is 0 Å². The summed E-state index contributed by atoms with van der Waals surface area (Å²) in [5.74, 6) is -1.25. The zero-order valence-electron chi connectivity index (χ0n) is 10.5. The van der Waals surface area contributed by atoms with Crippen molar-refractivity contribution in [2.75, 3.05) is 13.1 Å². The quantitative estimate of drug-likeness (QED) is 0.780. The van der Waals surface area contributed by atoms with Gasteiger partial charge in [0.25, 0.3) is 0 Å². The summed E-state index contributed by atoms with van der Waals surface area (Å²) in [6.45, 7) is 6.46. The van der Waals surface area contributed by atoms with Gasteiger partial charge in [0.2, 0.25) is 5.91 Å². The van der Waals surface area contributed by atoms with Crippen LogP contribution in [-0.2, 0) is 4.79 Å². The number of hydrogen-bond acceptors (Lipinski definition) is 2. The summed E-state index contributed by atoms with van der Waals surface area (Å²) in [7, 11) is 0. The van der Waals surface area contributed by atoms with E-state index < -0.39 is 17.4 Å². The highest BCUT2D eigenvalue weighted by atomic mass is 19.4. The second-order valence-electron chi connectivity index (χ2n) is 5.01. The van der Waals surface area contributed by atoms with E-state index in [4.69, 9.17) is 0 Å². The molecule has 6 heteroatoms. The van der Waals surface area contributed by atoms with Crippen molar-refractivity contribution >= 4 is 5.91 Å². The molecule has 3 nitrogen and oxygen atoms in total. The molecule has 0 bridgehead atoms. The van der Waals surface area contributed by atoms with Gasteiger partial charge in [-0.2, -0.15) is 13.2 Å². The number of hydrogen-bond donors (Lipinski definition) is 1. The normalized spacial score (nSPS) is 20.0. The van der Waals surface area contributed by atoms with Crippen molar-refractivity contribution in [1.82, 2.24) is 4.90 Å². The van der Waals surface area contributed by atoms with Gasteiger partial charge in [-0.15, -0.1) is 0 Å². The Labute approximate surface area is 104 Å². The van der Waals surface area contributed by atoms with Crippen molar-refractivity contribution in [3.05, 3.63) is 12.3 Å². The molecule has 0 aromatic heterocycles. The molecule has 1 N–H and O–H groups in total. The van der Waals surface area contributed by atoms with Gasteiger partial charge >= 0.3 is 6.18 Å². The lowest BCUT2D eigenvalue weighted by Crippen LogP contribution is -2.51. The van der Waals surface area contributed by atoms with Gasteiger partial charge in [-0.05, 0) is 12.8 Å². The highest BCUT2D eigenvalue weighted by Crippen LogP contribution is 2.50. The highest BCUT2D eigenvalue weighted by Gasteiger charge is 2.58. The summed E-state index contributed by atoms with van der Waals surface area (Å²) in [4.78, 5) is 13.1. The zero-order valence-corrected chi connectivity index (χ0v) is 10.5. The van der Waals surface area contributed by atoms with Crippen LogP contribution in [0.1, 0.15) is 26.7 Å². The van der Waals surface area contributed by atoms with Gasteiger partial charge in [0.1, 0.15) is 11.2 Å². The van der Waals surface area contributed by atoms with Gasteiger partial charge in [0.15, 0.2) is 0 Å². The minimum atomic E-state index is -4.54. The number of alkyl halides is 3. The molecule has 0 saturated carbocycles. The maximum atomic E-state index is 13.0. The van der Waals surface area contributed by atoms with Gasteiger partial charge < -0.3 is 10.0 Å². The number of allylic oxidation sites excluding steroid dienone is 1. The van der Waals surface area contributed by atoms with Crippen LogP contribution in [0.4, 0.5) is 13.2 Å². The molecule has 1 saturated heterocycles. The lowest BCUT2D eigenvalue weighted by molar-refractivity contribution is -0.232.